The van der Waals surface area contributed by atoms with Gasteiger partial charge in [0.2, 0.25) is 26.0 Å². The van der Waals surface area contributed by atoms with Gasteiger partial charge in [-0.15, -0.1) is 0 Å². The van der Waals surface area contributed by atoms with Gasteiger partial charge in [-0.25, -0.2) is 21.8 Å². The van der Waals surface area contributed by atoms with Gasteiger partial charge in [-0.2, -0.15) is 8.61 Å². The van der Waals surface area contributed by atoms with Crippen LogP contribution in [0.5, 0.6) is 0 Å². The van der Waals surface area contributed by atoms with Crippen LogP contribution in [-0.4, -0.2) is 130 Å². The molecule has 62 heavy (non-hydrogen) atoms. The van der Waals surface area contributed by atoms with E-state index >= 15 is 0 Å². The maximum absolute atomic E-state index is 14.2. The van der Waals surface area contributed by atoms with Crippen LogP contribution in [0.1, 0.15) is 30.7 Å². The molecule has 8 heterocycles. The fourth-order valence-electron chi connectivity index (χ4n) is 9.67. The molecule has 17 heteroatoms. The molecule has 12 rings (SSSR count). The van der Waals surface area contributed by atoms with Gasteiger partial charge in [-0.3, -0.25) is 14.7 Å². The predicted molar refractivity (Wildman–Crippen MR) is 236 cm³/mol. The lowest BCUT2D eigenvalue weighted by atomic mass is 9.86. The van der Waals surface area contributed by atoms with E-state index in [1.165, 1.54) is 17.5 Å². The molecule has 15 nitrogen and oxygen atoms in total. The fraction of sp³-hybridized carbons (Fsp3) is 0.378. The molecule has 5 saturated heterocycles. The number of aromatic amines is 2. The number of sulfonamides is 2. The zero-order valence-electron chi connectivity index (χ0n) is 34.4. The highest BCUT2D eigenvalue weighted by Gasteiger charge is 2.45. The number of pyridine rings is 1. The number of H-pyrrole nitrogens is 2. The third-order valence-electron chi connectivity index (χ3n) is 13.4. The van der Waals surface area contributed by atoms with Gasteiger partial charge in [0.15, 0.2) is 0 Å². The minimum atomic E-state index is -4.03. The number of rotatable bonds is 11. The number of para-hydroxylation sites is 1. The summed E-state index contributed by atoms with van der Waals surface area (Å²) in [5, 5.41) is 3.76. The summed E-state index contributed by atoms with van der Waals surface area (Å²) in [6.07, 6.45) is 4.67. The molecule has 6 aliphatic rings. The Morgan fingerprint density at radius 1 is 0.806 bits per heavy atom. The van der Waals surface area contributed by atoms with Crippen LogP contribution < -0.4 is 9.96 Å². The molecule has 322 valence electrons. The summed E-state index contributed by atoms with van der Waals surface area (Å²) in [4.78, 5) is 35.0. The van der Waals surface area contributed by atoms with E-state index in [-0.39, 0.29) is 28.2 Å². The summed E-state index contributed by atoms with van der Waals surface area (Å²) in [6.45, 7) is 4.27. The number of nitrogens with one attached hydrogen (secondary N) is 2. The maximum Gasteiger partial charge on any atom is 0.244 e. The highest BCUT2D eigenvalue weighted by molar-refractivity contribution is 7.89. The molecule has 5 aliphatic heterocycles. The zero-order valence-corrected chi connectivity index (χ0v) is 36.0. The van der Waals surface area contributed by atoms with Crippen LogP contribution in [0.4, 0.5) is 11.5 Å². The number of amides is 1. The van der Waals surface area contributed by atoms with Gasteiger partial charge >= 0.3 is 0 Å². The fourth-order valence-corrected chi connectivity index (χ4v) is 12.3. The minimum Gasteiger partial charge on any atom is -0.378 e. The third-order valence-corrected chi connectivity index (χ3v) is 16.9. The van der Waals surface area contributed by atoms with E-state index < -0.39 is 20.0 Å². The average molecular weight is 877 g/mol. The molecule has 1 aliphatic carbocycles. The number of hydrogen-bond acceptors (Lipinski definition) is 10. The molecule has 6 fully saturated rings. The highest BCUT2D eigenvalue weighted by Crippen LogP contribution is 2.46. The van der Waals surface area contributed by atoms with Crippen LogP contribution in [0.25, 0.3) is 44.3 Å². The van der Waals surface area contributed by atoms with E-state index in [9.17, 15) is 21.6 Å². The van der Waals surface area contributed by atoms with Gasteiger partial charge in [-0.1, -0.05) is 24.3 Å². The number of hydrogen-bond donors (Lipinski definition) is 2. The summed E-state index contributed by atoms with van der Waals surface area (Å²) in [7, 11) is -6.44. The van der Waals surface area contributed by atoms with Gasteiger partial charge < -0.3 is 24.5 Å². The molecule has 6 aromatic rings. The second kappa shape index (κ2) is 15.2. The first-order valence-electron chi connectivity index (χ1n) is 21.3. The topological polar surface area (TPSA) is 164 Å². The van der Waals surface area contributed by atoms with Crippen LogP contribution in [0.3, 0.4) is 0 Å². The quantitative estimate of drug-likeness (QED) is 0.173. The van der Waals surface area contributed by atoms with Gasteiger partial charge in [0.25, 0.3) is 0 Å². The van der Waals surface area contributed by atoms with E-state index in [0.29, 0.717) is 75.8 Å². The monoisotopic (exact) mass is 876 g/mol. The lowest BCUT2D eigenvalue weighted by molar-refractivity contribution is -0.135. The van der Waals surface area contributed by atoms with E-state index in [4.69, 9.17) is 14.6 Å². The Kier molecular flexibility index (Phi) is 9.70. The molecule has 2 N–H and O–H groups in total. The normalized spacial score (nSPS) is 21.0. The van der Waals surface area contributed by atoms with Crippen LogP contribution in [0.15, 0.2) is 94.9 Å². The molecule has 3 aromatic heterocycles. The molecular formula is C45H48N8O7S2. The van der Waals surface area contributed by atoms with Crippen LogP contribution >= 0.6 is 0 Å². The third kappa shape index (κ3) is 6.85. The Balaban J connectivity index is 0.844. The molecule has 0 radical (unpaired) electrons. The molecule has 0 spiro atoms. The van der Waals surface area contributed by atoms with Crippen LogP contribution in [-0.2, 0) is 34.4 Å². The lowest BCUT2D eigenvalue weighted by Gasteiger charge is -2.38. The summed E-state index contributed by atoms with van der Waals surface area (Å²) in [6, 6.07) is 25.4. The summed E-state index contributed by atoms with van der Waals surface area (Å²) in [5.41, 5.74) is 6.59. The van der Waals surface area contributed by atoms with E-state index in [2.05, 4.69) is 27.0 Å². The Morgan fingerprint density at radius 2 is 1.55 bits per heavy atom. The number of aromatic nitrogens is 3. The van der Waals surface area contributed by atoms with Crippen LogP contribution in [0, 0.1) is 5.92 Å². The second-order valence-corrected chi connectivity index (χ2v) is 21.2. The molecule has 0 unspecified atom stereocenters. The van der Waals surface area contributed by atoms with Crippen molar-refractivity contribution in [3.8, 4) is 22.5 Å². The van der Waals surface area contributed by atoms with Gasteiger partial charge in [-0.05, 0) is 85.3 Å². The molecule has 0 atom stereocenters. The number of benzene rings is 3. The largest absolute Gasteiger partial charge is 0.378 e. The maximum atomic E-state index is 14.2. The van der Waals surface area contributed by atoms with Crippen molar-refractivity contribution >= 4 is 59.3 Å². The Morgan fingerprint density at radius 3 is 2.29 bits per heavy atom. The molecule has 1 amide bonds. The Bertz CT molecular complexity index is 2910. The number of ether oxygens (including phenoxy) is 1. The second-order valence-electron chi connectivity index (χ2n) is 17.2. The van der Waals surface area contributed by atoms with Crippen molar-refractivity contribution in [2.45, 2.75) is 41.0 Å². The number of carbonyl (C=O) groups is 1. The molecule has 2 bridgehead atoms. The minimum absolute atomic E-state index is 0.0120. The van der Waals surface area contributed by atoms with E-state index in [1.54, 1.807) is 34.2 Å². The summed E-state index contributed by atoms with van der Waals surface area (Å²) >= 11 is 0. The number of fused-ring (bicyclic) bond motifs is 3. The highest BCUT2D eigenvalue weighted by atomic mass is 32.2. The summed E-state index contributed by atoms with van der Waals surface area (Å²) < 4.78 is 64.2. The summed E-state index contributed by atoms with van der Waals surface area (Å²) in [5.74, 6) is 1.22. The number of anilines is 2. The Labute approximate surface area is 360 Å². The Hall–Kier alpha value is -5.30. The standard InChI is InChI=1S/C45H48N8O7S2/c1-49(28-44(54)50-12-15-59-16-13-50)61(55,56)35-8-10-43(53-11-4-14-60-53)37(22-35)41-21-32-19-30(7-9-40(32)48-41)33-26-51(27-33)62(57,58)36-23-38(42-20-31-5-2-3-6-39(31)47-42)45(46-24-36)52-25-29-17-34(52)18-29/h2-3,5-10,19-24,29,33-34,47-48H,4,11-18,25-28H2,1H3. The molecule has 1 saturated carbocycles. The molecule has 3 aromatic carbocycles. The van der Waals surface area contributed by atoms with Crippen molar-refractivity contribution in [1.29, 1.82) is 0 Å². The first-order valence-corrected chi connectivity index (χ1v) is 24.2. The van der Waals surface area contributed by atoms with Crippen molar-refractivity contribution < 1.29 is 31.2 Å². The molecular weight excluding hydrogens is 829 g/mol. The zero-order chi connectivity index (χ0) is 42.3. The number of carbonyl (C=O) groups excluding carboxylic acids is 1. The number of likely N-dealkylation sites (N-methyl/N-ethyl adjacent to an activating group) is 1. The first-order chi connectivity index (χ1) is 30.0. The van der Waals surface area contributed by atoms with Gasteiger partial charge in [0, 0.05) is 103 Å². The smallest absolute Gasteiger partial charge is 0.244 e. The van der Waals surface area contributed by atoms with Crippen molar-refractivity contribution in [2.75, 3.05) is 82.6 Å². The average Bonchev–Trinajstić information content (AvgIpc) is 4.11. The van der Waals surface area contributed by atoms with Gasteiger partial charge in [0.05, 0.1) is 42.6 Å². The number of morpholine rings is 1. The van der Waals surface area contributed by atoms with Crippen LogP contribution in [0.2, 0.25) is 0 Å². The number of hydroxylamine groups is 1. The van der Waals surface area contributed by atoms with Crippen molar-refractivity contribution in [3.63, 3.8) is 0 Å². The predicted octanol–water partition coefficient (Wildman–Crippen LogP) is 5.39. The lowest BCUT2D eigenvalue weighted by Crippen LogP contribution is -2.48. The van der Waals surface area contributed by atoms with Gasteiger partial charge in [0.1, 0.15) is 10.7 Å². The van der Waals surface area contributed by atoms with Crippen molar-refractivity contribution in [1.82, 2.24) is 28.5 Å². The first kappa shape index (κ1) is 39.5. The SMILES string of the molecule is CN(CC(=O)N1CCOCC1)S(=O)(=O)c1ccc(N2CCCO2)c(-c2cc3cc(C4CN(S(=O)(=O)c5cnc(N6CC7CC6C7)c(-c6cc7ccccc7[nH]6)c5)C4)ccc3[nH]2)c1. The number of nitrogens with zero attached hydrogens (tertiary/aromatic N) is 6. The van der Waals surface area contributed by atoms with Crippen molar-refractivity contribution in [2.24, 2.45) is 5.92 Å². The van der Waals surface area contributed by atoms with E-state index in [0.717, 1.165) is 80.2 Å². The van der Waals surface area contributed by atoms with E-state index in [1.807, 2.05) is 42.5 Å². The van der Waals surface area contributed by atoms with Crippen molar-refractivity contribution in [3.05, 3.63) is 90.6 Å².